The number of nitrogens with one attached hydrogen (secondary N) is 1. The number of aryl methyl sites for hydroxylation is 1. The van der Waals surface area contributed by atoms with E-state index < -0.39 is 27.9 Å². The highest BCUT2D eigenvalue weighted by atomic mass is 35.5. The van der Waals surface area contributed by atoms with Crippen LogP contribution in [0.2, 0.25) is 5.02 Å². The van der Waals surface area contributed by atoms with Gasteiger partial charge >= 0.3 is 0 Å². The lowest BCUT2D eigenvalue weighted by molar-refractivity contribution is -0.134. The normalized spacial score (nSPS) is 15.3. The van der Waals surface area contributed by atoms with E-state index in [4.69, 9.17) is 11.6 Å². The number of fused-ring (bicyclic) bond motifs is 1. The molecule has 0 aliphatic carbocycles. The first kappa shape index (κ1) is 26.5. The third-order valence-electron chi connectivity index (χ3n) is 6.42. The van der Waals surface area contributed by atoms with Crippen molar-refractivity contribution in [3.63, 3.8) is 0 Å². The number of hydrogen-bond acceptors (Lipinski definition) is 7. The van der Waals surface area contributed by atoms with Gasteiger partial charge < -0.3 is 0 Å². The van der Waals surface area contributed by atoms with Crippen LogP contribution in [0.25, 0.3) is 11.0 Å². The minimum atomic E-state index is -4.06. The highest BCUT2D eigenvalue weighted by Gasteiger charge is 2.33. The number of benzene rings is 3. The molecular weight excluding hydrogens is 538 g/mol. The minimum Gasteiger partial charge on any atom is -0.274 e. The molecule has 11 heteroatoms. The third-order valence-corrected chi connectivity index (χ3v) is 8.20. The Kier molecular flexibility index (Phi) is 7.40. The second-order valence-electron chi connectivity index (χ2n) is 9.11. The summed E-state index contributed by atoms with van der Waals surface area (Å²) in [4.78, 5) is 34.6. The molecule has 0 fully saturated rings. The van der Waals surface area contributed by atoms with E-state index in [1.165, 1.54) is 11.1 Å². The standard InChI is InChI=1S/C28H24ClN5O4S/c1-18-4-2-3-5-26(18)39(37,38)33-27(35)12-13-28(36)34-25(17-23(32-34)19-6-9-21(29)10-7-19)20-8-11-22-24(16-20)31-15-14-30-22/h2-11,14-16,25H,12-13,17H2,1H3,(H,33,35). The monoisotopic (exact) mass is 561 g/mol. The number of hydrogen-bond donors (Lipinski definition) is 1. The van der Waals surface area contributed by atoms with E-state index in [0.717, 1.165) is 16.6 Å². The van der Waals surface area contributed by atoms with Crippen molar-refractivity contribution in [2.45, 2.75) is 37.1 Å². The first-order valence-electron chi connectivity index (χ1n) is 12.2. The summed E-state index contributed by atoms with van der Waals surface area (Å²) < 4.78 is 27.4. The lowest BCUT2D eigenvalue weighted by Crippen LogP contribution is -2.33. The summed E-state index contributed by atoms with van der Waals surface area (Å²) in [5.41, 5.74) is 4.25. The summed E-state index contributed by atoms with van der Waals surface area (Å²) in [7, 11) is -4.06. The first-order chi connectivity index (χ1) is 18.7. The van der Waals surface area contributed by atoms with Crippen molar-refractivity contribution in [3.8, 4) is 0 Å². The number of halogens is 1. The van der Waals surface area contributed by atoms with Crippen LogP contribution in [0.1, 0.15) is 42.0 Å². The first-order valence-corrected chi connectivity index (χ1v) is 14.0. The Bertz CT molecular complexity index is 1710. The molecule has 1 aromatic heterocycles. The molecule has 39 heavy (non-hydrogen) atoms. The number of carbonyl (C=O) groups excluding carboxylic acids is 2. The maximum absolute atomic E-state index is 13.4. The number of amides is 2. The largest absolute Gasteiger partial charge is 0.274 e. The Morgan fingerprint density at radius 1 is 0.974 bits per heavy atom. The van der Waals surface area contributed by atoms with Gasteiger partial charge in [-0.3, -0.25) is 19.6 Å². The van der Waals surface area contributed by atoms with Crippen LogP contribution < -0.4 is 4.72 Å². The Morgan fingerprint density at radius 2 is 1.69 bits per heavy atom. The van der Waals surface area contributed by atoms with Crippen LogP contribution in [0.5, 0.6) is 0 Å². The van der Waals surface area contributed by atoms with E-state index in [1.807, 2.05) is 30.3 Å². The van der Waals surface area contributed by atoms with Gasteiger partial charge in [-0.2, -0.15) is 5.10 Å². The molecule has 1 aliphatic rings. The molecular formula is C28H24ClN5O4S. The van der Waals surface area contributed by atoms with Gasteiger partial charge in [0.1, 0.15) is 0 Å². The van der Waals surface area contributed by atoms with E-state index in [2.05, 4.69) is 19.8 Å². The lowest BCUT2D eigenvalue weighted by Gasteiger charge is -2.22. The molecule has 198 valence electrons. The Labute approximate surface area is 230 Å². The molecule has 1 aliphatic heterocycles. The molecule has 1 N–H and O–H groups in total. The zero-order valence-electron chi connectivity index (χ0n) is 20.9. The molecule has 0 radical (unpaired) electrons. The Hall–Kier alpha value is -4.15. The number of rotatable bonds is 7. The Balaban J connectivity index is 1.36. The summed E-state index contributed by atoms with van der Waals surface area (Å²) in [5, 5.41) is 6.56. The van der Waals surface area contributed by atoms with Crippen LogP contribution in [0, 0.1) is 6.92 Å². The molecule has 9 nitrogen and oxygen atoms in total. The van der Waals surface area contributed by atoms with Crippen LogP contribution in [0.15, 0.2) is 89.1 Å². The van der Waals surface area contributed by atoms with Crippen LogP contribution in [0.3, 0.4) is 0 Å². The maximum Gasteiger partial charge on any atom is 0.264 e. The predicted octanol–water partition coefficient (Wildman–Crippen LogP) is 4.55. The Morgan fingerprint density at radius 3 is 2.44 bits per heavy atom. The molecule has 4 aromatic rings. The van der Waals surface area contributed by atoms with Gasteiger partial charge in [0, 0.05) is 36.7 Å². The maximum atomic E-state index is 13.4. The quantitative estimate of drug-likeness (QED) is 0.353. The summed E-state index contributed by atoms with van der Waals surface area (Å²) >= 11 is 6.04. The van der Waals surface area contributed by atoms with Crippen LogP contribution in [-0.4, -0.2) is 40.9 Å². The van der Waals surface area contributed by atoms with Crippen molar-refractivity contribution in [2.24, 2.45) is 5.10 Å². The summed E-state index contributed by atoms with van der Waals surface area (Å²) in [5.74, 6) is -1.18. The zero-order valence-corrected chi connectivity index (χ0v) is 22.5. The average molecular weight is 562 g/mol. The van der Waals surface area contributed by atoms with E-state index in [-0.39, 0.29) is 17.7 Å². The molecule has 0 saturated heterocycles. The van der Waals surface area contributed by atoms with Gasteiger partial charge in [-0.05, 0) is 53.9 Å². The predicted molar refractivity (Wildman–Crippen MR) is 147 cm³/mol. The van der Waals surface area contributed by atoms with Gasteiger partial charge in [-0.25, -0.2) is 18.1 Å². The zero-order chi connectivity index (χ0) is 27.6. The van der Waals surface area contributed by atoms with E-state index in [1.54, 1.807) is 49.6 Å². The van der Waals surface area contributed by atoms with E-state index >= 15 is 0 Å². The molecule has 3 aromatic carbocycles. The van der Waals surface area contributed by atoms with Crippen molar-refractivity contribution in [2.75, 3.05) is 0 Å². The van der Waals surface area contributed by atoms with Crippen molar-refractivity contribution in [1.82, 2.24) is 19.7 Å². The molecule has 0 spiro atoms. The summed E-state index contributed by atoms with van der Waals surface area (Å²) in [6.45, 7) is 1.64. The van der Waals surface area contributed by atoms with Gasteiger partial charge in [0.15, 0.2) is 0 Å². The summed E-state index contributed by atoms with van der Waals surface area (Å²) in [6, 6.07) is 18.7. The molecule has 2 amide bonds. The molecule has 0 bridgehead atoms. The van der Waals surface area contributed by atoms with Crippen molar-refractivity contribution >= 4 is 50.2 Å². The fourth-order valence-corrected chi connectivity index (χ4v) is 5.84. The van der Waals surface area contributed by atoms with Gasteiger partial charge in [0.25, 0.3) is 10.0 Å². The van der Waals surface area contributed by atoms with Gasteiger partial charge in [-0.1, -0.05) is 48.0 Å². The van der Waals surface area contributed by atoms with Crippen molar-refractivity contribution < 1.29 is 18.0 Å². The van der Waals surface area contributed by atoms with E-state index in [9.17, 15) is 18.0 Å². The van der Waals surface area contributed by atoms with Crippen LogP contribution >= 0.6 is 11.6 Å². The SMILES string of the molecule is Cc1ccccc1S(=O)(=O)NC(=O)CCC(=O)N1N=C(c2ccc(Cl)cc2)CC1c1ccc2nccnc2c1. The fourth-order valence-electron chi connectivity index (χ4n) is 4.45. The highest BCUT2D eigenvalue weighted by molar-refractivity contribution is 7.90. The average Bonchev–Trinajstić information content (AvgIpc) is 3.37. The van der Waals surface area contributed by atoms with E-state index in [0.29, 0.717) is 28.2 Å². The number of aromatic nitrogens is 2. The molecule has 5 rings (SSSR count). The topological polar surface area (TPSA) is 122 Å². The van der Waals surface area contributed by atoms with Crippen molar-refractivity contribution in [1.29, 1.82) is 0 Å². The second-order valence-corrected chi connectivity index (χ2v) is 11.2. The van der Waals surface area contributed by atoms with Gasteiger partial charge in [0.2, 0.25) is 11.8 Å². The lowest BCUT2D eigenvalue weighted by atomic mass is 9.98. The second kappa shape index (κ2) is 10.9. The van der Waals surface area contributed by atoms with Crippen LogP contribution in [0.4, 0.5) is 0 Å². The van der Waals surface area contributed by atoms with Crippen LogP contribution in [-0.2, 0) is 19.6 Å². The number of sulfonamides is 1. The number of carbonyl (C=O) groups is 2. The smallest absolute Gasteiger partial charge is 0.264 e. The highest BCUT2D eigenvalue weighted by Crippen LogP contribution is 2.34. The van der Waals surface area contributed by atoms with Crippen molar-refractivity contribution in [3.05, 3.63) is 101 Å². The van der Waals surface area contributed by atoms with Gasteiger partial charge in [-0.15, -0.1) is 0 Å². The molecule has 0 saturated carbocycles. The number of nitrogens with zero attached hydrogens (tertiary/aromatic N) is 4. The number of hydrazone groups is 1. The molecule has 1 unspecified atom stereocenters. The summed E-state index contributed by atoms with van der Waals surface area (Å²) in [6.07, 6.45) is 3.11. The minimum absolute atomic E-state index is 0.0147. The fraction of sp³-hybridized carbons (Fsp3) is 0.179. The van der Waals surface area contributed by atoms with Gasteiger partial charge in [0.05, 0.1) is 27.7 Å². The third kappa shape index (κ3) is 5.81. The molecule has 1 atom stereocenters. The molecule has 2 heterocycles.